The summed E-state index contributed by atoms with van der Waals surface area (Å²) in [5.74, 6) is 0.835. The quantitative estimate of drug-likeness (QED) is 0.699. The van der Waals surface area contributed by atoms with E-state index in [2.05, 4.69) is 12.1 Å². The molecule has 2 rings (SSSR count). The van der Waals surface area contributed by atoms with E-state index in [1.807, 2.05) is 30.3 Å². The molecule has 1 radical (unpaired) electrons. The zero-order chi connectivity index (χ0) is 10.5. The van der Waals surface area contributed by atoms with Crippen molar-refractivity contribution in [1.29, 1.82) is 0 Å². The van der Waals surface area contributed by atoms with E-state index in [4.69, 9.17) is 4.74 Å². The molecule has 0 aliphatic carbocycles. The Morgan fingerprint density at radius 2 is 1.80 bits per heavy atom. The van der Waals surface area contributed by atoms with Crippen molar-refractivity contribution in [2.24, 2.45) is 0 Å². The van der Waals surface area contributed by atoms with Gasteiger partial charge in [0.25, 0.3) is 0 Å². The second-order valence-electron chi connectivity index (χ2n) is 3.42. The van der Waals surface area contributed by atoms with Crippen LogP contribution < -0.4 is 4.74 Å². The third-order valence-corrected chi connectivity index (χ3v) is 2.28. The van der Waals surface area contributed by atoms with Crippen LogP contribution in [0.2, 0.25) is 0 Å². The molecule has 0 saturated carbocycles. The number of hydrogen-bond acceptors (Lipinski definition) is 1. The van der Waals surface area contributed by atoms with Crippen molar-refractivity contribution in [1.82, 2.24) is 0 Å². The van der Waals surface area contributed by atoms with E-state index in [-0.39, 0.29) is 6.61 Å². The van der Waals surface area contributed by atoms with Gasteiger partial charge in [-0.2, -0.15) is 0 Å². The molecule has 0 unspecified atom stereocenters. The molecule has 15 heavy (non-hydrogen) atoms. The fourth-order valence-corrected chi connectivity index (χ4v) is 1.51. The molecule has 2 aromatic rings. The van der Waals surface area contributed by atoms with Gasteiger partial charge >= 0.3 is 0 Å². The summed E-state index contributed by atoms with van der Waals surface area (Å²) in [6.07, 6.45) is 0.562. The van der Waals surface area contributed by atoms with Crippen molar-refractivity contribution >= 4 is 10.8 Å². The highest BCUT2D eigenvalue weighted by Crippen LogP contribution is 2.20. The molecule has 2 aromatic carbocycles. The molecular formula is C13H13O2. The molecule has 0 aliphatic heterocycles. The van der Waals surface area contributed by atoms with Crippen molar-refractivity contribution in [2.45, 2.75) is 6.42 Å². The van der Waals surface area contributed by atoms with Gasteiger partial charge < -0.3 is 4.74 Å². The Labute approximate surface area is 89.1 Å². The summed E-state index contributed by atoms with van der Waals surface area (Å²) in [6.45, 7) is 0.426. The minimum Gasteiger partial charge on any atom is -0.493 e. The lowest BCUT2D eigenvalue weighted by Crippen LogP contribution is -1.98. The molecule has 0 atom stereocenters. The Bertz CT molecular complexity index is 437. The summed E-state index contributed by atoms with van der Waals surface area (Å²) in [5.41, 5.74) is 0. The van der Waals surface area contributed by atoms with Crippen LogP contribution in [-0.4, -0.2) is 13.2 Å². The monoisotopic (exact) mass is 201 g/mol. The maximum absolute atomic E-state index is 10.3. The van der Waals surface area contributed by atoms with Gasteiger partial charge in [0.1, 0.15) is 5.75 Å². The largest absolute Gasteiger partial charge is 0.493 e. The summed E-state index contributed by atoms with van der Waals surface area (Å²) in [4.78, 5) is 0. The molecule has 2 heteroatoms. The summed E-state index contributed by atoms with van der Waals surface area (Å²) < 4.78 is 5.45. The van der Waals surface area contributed by atoms with Crippen molar-refractivity contribution < 1.29 is 9.84 Å². The van der Waals surface area contributed by atoms with Gasteiger partial charge in [-0.05, 0) is 22.9 Å². The first-order valence-corrected chi connectivity index (χ1v) is 5.10. The molecule has 77 valence electrons. The molecule has 0 saturated heterocycles. The first-order chi connectivity index (χ1) is 7.40. The van der Waals surface area contributed by atoms with Gasteiger partial charge in [-0.3, -0.25) is 0 Å². The van der Waals surface area contributed by atoms with Crippen LogP contribution in [0.25, 0.3) is 10.8 Å². The molecule has 0 amide bonds. The topological polar surface area (TPSA) is 29.1 Å². The number of benzene rings is 2. The SMILES string of the molecule is [O]CCCOc1ccc2ccccc2c1. The molecule has 0 bridgehead atoms. The van der Waals surface area contributed by atoms with Crippen LogP contribution in [0.1, 0.15) is 6.42 Å². The minimum atomic E-state index is -0.0758. The Hall–Kier alpha value is -1.54. The normalized spacial score (nSPS) is 10.5. The van der Waals surface area contributed by atoms with Gasteiger partial charge in [-0.15, -0.1) is 0 Å². The van der Waals surface area contributed by atoms with Crippen LogP contribution in [0, 0.1) is 0 Å². The molecule has 0 heterocycles. The van der Waals surface area contributed by atoms with E-state index in [9.17, 15) is 5.11 Å². The first-order valence-electron chi connectivity index (χ1n) is 5.10. The average molecular weight is 201 g/mol. The fourth-order valence-electron chi connectivity index (χ4n) is 1.51. The third kappa shape index (κ3) is 2.48. The first kappa shape index (κ1) is 9.99. The van der Waals surface area contributed by atoms with E-state index < -0.39 is 0 Å². The fraction of sp³-hybridized carbons (Fsp3) is 0.231. The smallest absolute Gasteiger partial charge is 0.119 e. The van der Waals surface area contributed by atoms with Gasteiger partial charge in [0.15, 0.2) is 0 Å². The zero-order valence-electron chi connectivity index (χ0n) is 8.48. The minimum absolute atomic E-state index is 0.0758. The van der Waals surface area contributed by atoms with E-state index >= 15 is 0 Å². The number of hydrogen-bond donors (Lipinski definition) is 0. The average Bonchev–Trinajstić information content (AvgIpc) is 2.29. The molecule has 0 N–H and O–H groups in total. The number of ether oxygens (including phenoxy) is 1. The highest BCUT2D eigenvalue weighted by Gasteiger charge is 1.96. The van der Waals surface area contributed by atoms with Gasteiger partial charge in [-0.1, -0.05) is 30.3 Å². The van der Waals surface area contributed by atoms with Gasteiger partial charge in [0, 0.05) is 6.42 Å². The second kappa shape index (κ2) is 4.80. The van der Waals surface area contributed by atoms with Crippen LogP contribution in [0.4, 0.5) is 0 Å². The van der Waals surface area contributed by atoms with Crippen LogP contribution in [0.3, 0.4) is 0 Å². The summed E-state index contributed by atoms with van der Waals surface area (Å²) in [7, 11) is 0. The van der Waals surface area contributed by atoms with E-state index in [1.54, 1.807) is 0 Å². The van der Waals surface area contributed by atoms with E-state index in [1.165, 1.54) is 5.39 Å². The lowest BCUT2D eigenvalue weighted by molar-refractivity contribution is 0.165. The molecule has 2 nitrogen and oxygen atoms in total. The Morgan fingerprint density at radius 3 is 2.60 bits per heavy atom. The lowest BCUT2D eigenvalue weighted by Gasteiger charge is -2.05. The van der Waals surface area contributed by atoms with Crippen molar-refractivity contribution in [3.63, 3.8) is 0 Å². The summed E-state index contributed by atoms with van der Waals surface area (Å²) >= 11 is 0. The summed E-state index contributed by atoms with van der Waals surface area (Å²) in [5, 5.41) is 12.6. The molecular weight excluding hydrogens is 188 g/mol. The zero-order valence-corrected chi connectivity index (χ0v) is 8.48. The molecule has 0 aliphatic rings. The second-order valence-corrected chi connectivity index (χ2v) is 3.42. The highest BCUT2D eigenvalue weighted by atomic mass is 16.5. The Morgan fingerprint density at radius 1 is 1.00 bits per heavy atom. The van der Waals surface area contributed by atoms with E-state index in [0.717, 1.165) is 11.1 Å². The maximum atomic E-state index is 10.3. The standard InChI is InChI=1S/C13H13O2/c14-8-3-9-15-13-7-6-11-4-1-2-5-12(11)10-13/h1-2,4-7,10H,3,8-9H2. The highest BCUT2D eigenvalue weighted by molar-refractivity contribution is 5.83. The molecule has 0 spiro atoms. The predicted molar refractivity (Wildman–Crippen MR) is 59.6 cm³/mol. The van der Waals surface area contributed by atoms with Gasteiger partial charge in [0.2, 0.25) is 0 Å². The van der Waals surface area contributed by atoms with Crippen LogP contribution in [-0.2, 0) is 5.11 Å². The molecule has 0 fully saturated rings. The van der Waals surface area contributed by atoms with Crippen LogP contribution in [0.5, 0.6) is 5.75 Å². The number of fused-ring (bicyclic) bond motifs is 1. The van der Waals surface area contributed by atoms with Crippen LogP contribution in [0.15, 0.2) is 42.5 Å². The summed E-state index contributed by atoms with van der Waals surface area (Å²) in [6, 6.07) is 14.1. The van der Waals surface area contributed by atoms with E-state index in [0.29, 0.717) is 13.0 Å². The lowest BCUT2D eigenvalue weighted by atomic mass is 10.1. The molecule has 0 aromatic heterocycles. The number of rotatable bonds is 4. The third-order valence-electron chi connectivity index (χ3n) is 2.28. The van der Waals surface area contributed by atoms with Gasteiger partial charge in [0.05, 0.1) is 13.2 Å². The van der Waals surface area contributed by atoms with Crippen molar-refractivity contribution in [2.75, 3.05) is 13.2 Å². The van der Waals surface area contributed by atoms with Gasteiger partial charge in [-0.25, -0.2) is 5.11 Å². The Balaban J connectivity index is 2.16. The predicted octanol–water partition coefficient (Wildman–Crippen LogP) is 3.04. The van der Waals surface area contributed by atoms with Crippen LogP contribution >= 0.6 is 0 Å². The Kier molecular flexibility index (Phi) is 3.20. The van der Waals surface area contributed by atoms with Crippen molar-refractivity contribution in [3.05, 3.63) is 42.5 Å². The van der Waals surface area contributed by atoms with Crippen molar-refractivity contribution in [3.8, 4) is 5.75 Å². The maximum Gasteiger partial charge on any atom is 0.119 e.